The van der Waals surface area contributed by atoms with E-state index in [-0.39, 0.29) is 5.82 Å². The molecule has 0 spiro atoms. The van der Waals surface area contributed by atoms with Gasteiger partial charge in [0.25, 0.3) is 0 Å². The second kappa shape index (κ2) is 5.01. The van der Waals surface area contributed by atoms with Crippen LogP contribution in [0.15, 0.2) is 10.5 Å². The number of halogens is 2. The summed E-state index contributed by atoms with van der Waals surface area (Å²) >= 11 is 3.36. The molecule has 0 fully saturated rings. The van der Waals surface area contributed by atoms with Crippen LogP contribution >= 0.6 is 15.9 Å². The molecule has 0 saturated carbocycles. The number of benzene rings is 1. The highest BCUT2D eigenvalue weighted by atomic mass is 79.9. The number of fused-ring (bicyclic) bond motifs is 1. The van der Waals surface area contributed by atoms with E-state index in [9.17, 15) is 4.39 Å². The number of hydrogen-bond donors (Lipinski definition) is 1. The molecular formula is C11H13BrFNO2. The van der Waals surface area contributed by atoms with E-state index < -0.39 is 0 Å². The molecule has 0 radical (unpaired) electrons. The molecule has 1 aromatic carbocycles. The number of hydrogen-bond acceptors (Lipinski definition) is 3. The number of ether oxygens (including phenoxy) is 2. The quantitative estimate of drug-likeness (QED) is 0.928. The lowest BCUT2D eigenvalue weighted by molar-refractivity contribution is 0.169. The first-order chi connectivity index (χ1) is 7.74. The lowest BCUT2D eigenvalue weighted by Gasteiger charge is -2.21. The molecule has 1 aliphatic rings. The molecule has 1 aliphatic heterocycles. The van der Waals surface area contributed by atoms with Crippen LogP contribution in [-0.2, 0) is 6.42 Å². The van der Waals surface area contributed by atoms with Gasteiger partial charge in [-0.05, 0) is 35.3 Å². The normalized spacial score (nSPS) is 13.9. The van der Waals surface area contributed by atoms with Gasteiger partial charge in [0, 0.05) is 11.6 Å². The largest absolute Gasteiger partial charge is 0.486 e. The van der Waals surface area contributed by atoms with Gasteiger partial charge < -0.3 is 15.2 Å². The molecule has 0 saturated heterocycles. The maximum atomic E-state index is 13.8. The van der Waals surface area contributed by atoms with Crippen LogP contribution < -0.4 is 15.2 Å². The summed E-state index contributed by atoms with van der Waals surface area (Å²) in [6, 6.07) is 1.38. The van der Waals surface area contributed by atoms with E-state index in [0.717, 1.165) is 6.42 Å². The predicted octanol–water partition coefficient (Wildman–Crippen LogP) is 2.25. The van der Waals surface area contributed by atoms with Crippen molar-refractivity contribution in [3.8, 4) is 11.5 Å². The molecule has 0 atom stereocenters. The smallest absolute Gasteiger partial charge is 0.175 e. The third-order valence-corrected chi connectivity index (χ3v) is 3.29. The number of rotatable bonds is 3. The van der Waals surface area contributed by atoms with Crippen LogP contribution in [0.2, 0.25) is 0 Å². The first-order valence-electron chi connectivity index (χ1n) is 5.20. The van der Waals surface area contributed by atoms with Crippen LogP contribution in [-0.4, -0.2) is 19.8 Å². The summed E-state index contributed by atoms with van der Waals surface area (Å²) in [5, 5.41) is 0. The Bertz CT molecular complexity index is 398. The van der Waals surface area contributed by atoms with Gasteiger partial charge in [0.2, 0.25) is 0 Å². The minimum Gasteiger partial charge on any atom is -0.486 e. The lowest BCUT2D eigenvalue weighted by Crippen LogP contribution is -2.17. The fraction of sp³-hybridized carbons (Fsp3) is 0.455. The first kappa shape index (κ1) is 11.7. The summed E-state index contributed by atoms with van der Waals surface area (Å²) in [6.07, 6.45) is 1.34. The van der Waals surface area contributed by atoms with E-state index in [0.29, 0.717) is 47.7 Å². The zero-order valence-electron chi connectivity index (χ0n) is 8.76. The van der Waals surface area contributed by atoms with Crippen LogP contribution in [0.1, 0.15) is 12.0 Å². The van der Waals surface area contributed by atoms with Gasteiger partial charge in [-0.25, -0.2) is 4.39 Å². The second-order valence-electron chi connectivity index (χ2n) is 3.57. The van der Waals surface area contributed by atoms with Crippen molar-refractivity contribution >= 4 is 15.9 Å². The molecule has 2 rings (SSSR count). The van der Waals surface area contributed by atoms with Gasteiger partial charge in [-0.15, -0.1) is 0 Å². The monoisotopic (exact) mass is 289 g/mol. The molecular weight excluding hydrogens is 277 g/mol. The Labute approximate surface area is 102 Å². The molecule has 0 bridgehead atoms. The first-order valence-corrected chi connectivity index (χ1v) is 6.00. The standard InChI is InChI=1S/C11H13BrFNO2/c12-10-7(2-1-3-14)8(13)6-9-11(10)16-5-4-15-9/h6H,1-5,14H2. The molecule has 88 valence electrons. The Balaban J connectivity index is 2.37. The highest BCUT2D eigenvalue weighted by Gasteiger charge is 2.21. The number of nitrogens with two attached hydrogens (primary N) is 1. The zero-order chi connectivity index (χ0) is 11.5. The van der Waals surface area contributed by atoms with Crippen molar-refractivity contribution in [2.45, 2.75) is 12.8 Å². The van der Waals surface area contributed by atoms with Gasteiger partial charge >= 0.3 is 0 Å². The van der Waals surface area contributed by atoms with Gasteiger partial charge in [0.1, 0.15) is 19.0 Å². The molecule has 16 heavy (non-hydrogen) atoms. The summed E-state index contributed by atoms with van der Waals surface area (Å²) in [5.74, 6) is 0.788. The van der Waals surface area contributed by atoms with E-state index >= 15 is 0 Å². The molecule has 0 aromatic heterocycles. The summed E-state index contributed by atoms with van der Waals surface area (Å²) in [7, 11) is 0. The SMILES string of the molecule is NCCCc1c(F)cc2c(c1Br)OCCO2. The Hall–Kier alpha value is -0.810. The molecule has 5 heteroatoms. The van der Waals surface area contributed by atoms with Crippen molar-refractivity contribution in [2.75, 3.05) is 19.8 Å². The summed E-state index contributed by atoms with van der Waals surface area (Å²) in [6.45, 7) is 1.49. The van der Waals surface area contributed by atoms with Crippen molar-refractivity contribution in [3.63, 3.8) is 0 Å². The molecule has 0 aliphatic carbocycles. The van der Waals surface area contributed by atoms with E-state index in [1.165, 1.54) is 6.07 Å². The topological polar surface area (TPSA) is 44.5 Å². The van der Waals surface area contributed by atoms with E-state index in [4.69, 9.17) is 15.2 Å². The van der Waals surface area contributed by atoms with Crippen LogP contribution in [0.4, 0.5) is 4.39 Å². The highest BCUT2D eigenvalue weighted by molar-refractivity contribution is 9.10. The molecule has 1 aromatic rings. The second-order valence-corrected chi connectivity index (χ2v) is 4.36. The third kappa shape index (κ3) is 2.15. The summed E-state index contributed by atoms with van der Waals surface area (Å²) in [4.78, 5) is 0. The highest BCUT2D eigenvalue weighted by Crippen LogP contribution is 2.41. The Morgan fingerprint density at radius 2 is 2.12 bits per heavy atom. The summed E-state index contributed by atoms with van der Waals surface area (Å²) < 4.78 is 25.2. The van der Waals surface area contributed by atoms with Crippen molar-refractivity contribution in [2.24, 2.45) is 5.73 Å². The van der Waals surface area contributed by atoms with Gasteiger partial charge in [-0.2, -0.15) is 0 Å². The predicted molar refractivity (Wildman–Crippen MR) is 62.5 cm³/mol. The van der Waals surface area contributed by atoms with Gasteiger partial charge in [0.15, 0.2) is 11.5 Å². The lowest BCUT2D eigenvalue weighted by atomic mass is 10.1. The Morgan fingerprint density at radius 3 is 2.88 bits per heavy atom. The third-order valence-electron chi connectivity index (χ3n) is 2.45. The van der Waals surface area contributed by atoms with Crippen LogP contribution in [0.5, 0.6) is 11.5 Å². The average molecular weight is 290 g/mol. The van der Waals surface area contributed by atoms with E-state index in [1.54, 1.807) is 0 Å². The minimum absolute atomic E-state index is 0.274. The molecule has 1 heterocycles. The van der Waals surface area contributed by atoms with E-state index in [1.807, 2.05) is 0 Å². The fourth-order valence-corrected chi connectivity index (χ4v) is 2.36. The maximum Gasteiger partial charge on any atom is 0.175 e. The molecule has 3 nitrogen and oxygen atoms in total. The molecule has 0 unspecified atom stereocenters. The van der Waals surface area contributed by atoms with Crippen LogP contribution in [0.25, 0.3) is 0 Å². The van der Waals surface area contributed by atoms with Crippen molar-refractivity contribution in [1.29, 1.82) is 0 Å². The van der Waals surface area contributed by atoms with Gasteiger partial charge in [-0.1, -0.05) is 0 Å². The van der Waals surface area contributed by atoms with Crippen molar-refractivity contribution in [1.82, 2.24) is 0 Å². The average Bonchev–Trinajstić information content (AvgIpc) is 2.29. The Kier molecular flexibility index (Phi) is 3.66. The molecule has 2 N–H and O–H groups in total. The van der Waals surface area contributed by atoms with Crippen molar-refractivity contribution < 1.29 is 13.9 Å². The fourth-order valence-electron chi connectivity index (χ4n) is 1.66. The minimum atomic E-state index is -0.274. The van der Waals surface area contributed by atoms with E-state index in [2.05, 4.69) is 15.9 Å². The van der Waals surface area contributed by atoms with Gasteiger partial charge in [-0.3, -0.25) is 0 Å². The van der Waals surface area contributed by atoms with Crippen LogP contribution in [0.3, 0.4) is 0 Å². The maximum absolute atomic E-state index is 13.8. The zero-order valence-corrected chi connectivity index (χ0v) is 10.3. The van der Waals surface area contributed by atoms with Crippen LogP contribution in [0, 0.1) is 5.82 Å². The van der Waals surface area contributed by atoms with Gasteiger partial charge in [0.05, 0.1) is 4.47 Å². The molecule has 0 amide bonds. The Morgan fingerprint density at radius 1 is 1.38 bits per heavy atom. The summed E-state index contributed by atoms with van der Waals surface area (Å²) in [5.41, 5.74) is 6.03. The van der Waals surface area contributed by atoms with Crippen molar-refractivity contribution in [3.05, 3.63) is 21.9 Å².